The molecule has 0 unspecified atom stereocenters. The van der Waals surface area contributed by atoms with Crippen LogP contribution in [0.15, 0.2) is 18.3 Å². The smallest absolute Gasteiger partial charge is 0.270 e. The minimum absolute atomic E-state index is 0.268. The van der Waals surface area contributed by atoms with Crippen LogP contribution >= 0.6 is 11.6 Å². The normalized spacial score (nSPS) is 8.71. The molecular weight excluding hydrogens is 200 g/mol. The van der Waals surface area contributed by atoms with E-state index in [0.29, 0.717) is 17.3 Å². The zero-order chi connectivity index (χ0) is 10.4. The van der Waals surface area contributed by atoms with E-state index in [1.807, 2.05) is 0 Å². The molecule has 4 heteroatoms. The second-order valence-electron chi connectivity index (χ2n) is 2.47. The van der Waals surface area contributed by atoms with E-state index in [0.717, 1.165) is 0 Å². The molecule has 3 nitrogen and oxygen atoms in total. The molecule has 0 aliphatic carbocycles. The summed E-state index contributed by atoms with van der Waals surface area (Å²) >= 11 is 5.70. The number of hydrogen-bond acceptors (Lipinski definition) is 2. The fourth-order valence-electron chi connectivity index (χ4n) is 0.832. The van der Waals surface area contributed by atoms with E-state index in [9.17, 15) is 4.79 Å². The molecule has 1 heterocycles. The second-order valence-corrected chi connectivity index (χ2v) is 2.91. The van der Waals surface area contributed by atoms with Gasteiger partial charge in [0.05, 0.1) is 6.54 Å². The highest BCUT2D eigenvalue weighted by Gasteiger charge is 2.05. The average molecular weight is 209 g/mol. The van der Waals surface area contributed by atoms with Gasteiger partial charge in [-0.3, -0.25) is 9.78 Å². The van der Waals surface area contributed by atoms with E-state index in [1.54, 1.807) is 13.0 Å². The molecule has 0 aliphatic rings. The van der Waals surface area contributed by atoms with Crippen molar-refractivity contribution in [3.8, 4) is 11.8 Å². The van der Waals surface area contributed by atoms with Gasteiger partial charge in [-0.2, -0.15) is 0 Å². The number of halogens is 1. The summed E-state index contributed by atoms with van der Waals surface area (Å²) < 4.78 is 0. The Balaban J connectivity index is 2.63. The van der Waals surface area contributed by atoms with Gasteiger partial charge in [-0.25, -0.2) is 0 Å². The van der Waals surface area contributed by atoms with E-state index >= 15 is 0 Å². The van der Waals surface area contributed by atoms with Gasteiger partial charge in [-0.15, -0.1) is 5.92 Å². The van der Waals surface area contributed by atoms with E-state index in [4.69, 9.17) is 11.6 Å². The van der Waals surface area contributed by atoms with Gasteiger partial charge in [0, 0.05) is 11.2 Å². The maximum absolute atomic E-state index is 11.4. The summed E-state index contributed by atoms with van der Waals surface area (Å²) in [5.41, 5.74) is 0.301. The molecule has 1 rings (SSSR count). The van der Waals surface area contributed by atoms with Crippen LogP contribution in [-0.2, 0) is 0 Å². The zero-order valence-corrected chi connectivity index (χ0v) is 8.43. The van der Waals surface area contributed by atoms with Gasteiger partial charge in [0.25, 0.3) is 5.91 Å². The zero-order valence-electron chi connectivity index (χ0n) is 7.67. The molecule has 0 spiro atoms. The summed E-state index contributed by atoms with van der Waals surface area (Å²) in [7, 11) is 0. The number of rotatable bonds is 2. The number of hydrogen-bond donors (Lipinski definition) is 1. The molecule has 0 aromatic carbocycles. The molecule has 14 heavy (non-hydrogen) atoms. The Hall–Kier alpha value is -1.53. The van der Waals surface area contributed by atoms with Crippen molar-refractivity contribution in [2.75, 3.05) is 6.54 Å². The third-order valence-electron chi connectivity index (χ3n) is 1.47. The van der Waals surface area contributed by atoms with Crippen molar-refractivity contribution in [2.24, 2.45) is 0 Å². The topological polar surface area (TPSA) is 42.0 Å². The summed E-state index contributed by atoms with van der Waals surface area (Å²) in [6, 6.07) is 3.13. The summed E-state index contributed by atoms with van der Waals surface area (Å²) in [5, 5.41) is 3.09. The van der Waals surface area contributed by atoms with E-state index in [-0.39, 0.29) is 5.91 Å². The van der Waals surface area contributed by atoms with Crippen LogP contribution in [0.4, 0.5) is 0 Å². The molecule has 0 saturated heterocycles. The van der Waals surface area contributed by atoms with Crippen molar-refractivity contribution in [2.45, 2.75) is 6.92 Å². The Bertz CT molecular complexity index is 393. The highest BCUT2D eigenvalue weighted by atomic mass is 35.5. The quantitative estimate of drug-likeness (QED) is 0.749. The van der Waals surface area contributed by atoms with Crippen molar-refractivity contribution in [1.82, 2.24) is 10.3 Å². The van der Waals surface area contributed by atoms with Crippen LogP contribution in [0.2, 0.25) is 5.02 Å². The Morgan fingerprint density at radius 3 is 3.14 bits per heavy atom. The second kappa shape index (κ2) is 5.25. The Morgan fingerprint density at radius 2 is 2.50 bits per heavy atom. The van der Waals surface area contributed by atoms with Crippen LogP contribution in [0.1, 0.15) is 17.4 Å². The SMILES string of the molecule is CC#CCNC(=O)c1cc(Cl)ccn1. The number of aromatic nitrogens is 1. The van der Waals surface area contributed by atoms with Gasteiger partial charge in [0.15, 0.2) is 0 Å². The van der Waals surface area contributed by atoms with Gasteiger partial charge >= 0.3 is 0 Å². The van der Waals surface area contributed by atoms with Gasteiger partial charge in [-0.05, 0) is 19.1 Å². The minimum Gasteiger partial charge on any atom is -0.340 e. The molecule has 0 saturated carbocycles. The van der Waals surface area contributed by atoms with Crippen molar-refractivity contribution < 1.29 is 4.79 Å². The van der Waals surface area contributed by atoms with Gasteiger partial charge in [0.1, 0.15) is 5.69 Å². The molecule has 1 amide bonds. The largest absolute Gasteiger partial charge is 0.340 e. The first-order chi connectivity index (χ1) is 6.74. The first kappa shape index (κ1) is 10.6. The lowest BCUT2D eigenvalue weighted by atomic mass is 10.3. The number of amides is 1. The fourth-order valence-corrected chi connectivity index (χ4v) is 0.992. The summed E-state index contributed by atoms with van der Waals surface area (Å²) in [4.78, 5) is 15.2. The van der Waals surface area contributed by atoms with Crippen LogP contribution in [0.3, 0.4) is 0 Å². The van der Waals surface area contributed by atoms with Crippen molar-refractivity contribution in [3.63, 3.8) is 0 Å². The molecule has 0 fully saturated rings. The maximum Gasteiger partial charge on any atom is 0.270 e. The molecule has 0 radical (unpaired) electrons. The predicted octanol–water partition coefficient (Wildman–Crippen LogP) is 1.49. The molecule has 1 N–H and O–H groups in total. The lowest BCUT2D eigenvalue weighted by Gasteiger charge is -2.00. The van der Waals surface area contributed by atoms with Crippen LogP contribution in [-0.4, -0.2) is 17.4 Å². The predicted molar refractivity (Wildman–Crippen MR) is 55.0 cm³/mol. The Labute approximate surface area is 87.5 Å². The van der Waals surface area contributed by atoms with Crippen molar-refractivity contribution in [1.29, 1.82) is 0 Å². The summed E-state index contributed by atoms with van der Waals surface area (Å²) in [6.07, 6.45) is 1.49. The molecule has 0 bridgehead atoms. The molecule has 0 atom stereocenters. The van der Waals surface area contributed by atoms with Gasteiger partial charge < -0.3 is 5.32 Å². The Morgan fingerprint density at radius 1 is 1.71 bits per heavy atom. The summed E-state index contributed by atoms with van der Waals surface area (Å²) in [6.45, 7) is 2.04. The average Bonchev–Trinajstić information content (AvgIpc) is 2.18. The van der Waals surface area contributed by atoms with Gasteiger partial charge in [0.2, 0.25) is 0 Å². The lowest BCUT2D eigenvalue weighted by molar-refractivity contribution is 0.0954. The minimum atomic E-state index is -0.268. The van der Waals surface area contributed by atoms with Crippen LogP contribution in [0.5, 0.6) is 0 Å². The van der Waals surface area contributed by atoms with E-state index < -0.39 is 0 Å². The van der Waals surface area contributed by atoms with Crippen LogP contribution < -0.4 is 5.32 Å². The van der Waals surface area contributed by atoms with Crippen molar-refractivity contribution in [3.05, 3.63) is 29.0 Å². The highest BCUT2D eigenvalue weighted by molar-refractivity contribution is 6.30. The standard InChI is InChI=1S/C10H9ClN2O/c1-2-3-5-13-10(14)9-7-8(11)4-6-12-9/h4,6-7H,5H2,1H3,(H,13,14). The molecule has 72 valence electrons. The monoisotopic (exact) mass is 208 g/mol. The van der Waals surface area contributed by atoms with E-state index in [2.05, 4.69) is 22.1 Å². The maximum atomic E-state index is 11.4. The van der Waals surface area contributed by atoms with Crippen LogP contribution in [0, 0.1) is 11.8 Å². The van der Waals surface area contributed by atoms with E-state index in [1.165, 1.54) is 12.3 Å². The Kier molecular flexibility index (Phi) is 3.96. The molecular formula is C10H9ClN2O. The molecule has 1 aromatic rings. The number of nitrogens with one attached hydrogen (secondary N) is 1. The molecule has 1 aromatic heterocycles. The molecule has 0 aliphatic heterocycles. The highest BCUT2D eigenvalue weighted by Crippen LogP contribution is 2.07. The summed E-state index contributed by atoms with van der Waals surface area (Å²) in [5.74, 6) is 5.13. The fraction of sp³-hybridized carbons (Fsp3) is 0.200. The number of carbonyl (C=O) groups excluding carboxylic acids is 1. The van der Waals surface area contributed by atoms with Crippen molar-refractivity contribution >= 4 is 17.5 Å². The van der Waals surface area contributed by atoms with Crippen LogP contribution in [0.25, 0.3) is 0 Å². The number of pyridine rings is 1. The first-order valence-corrected chi connectivity index (χ1v) is 4.41. The lowest BCUT2D eigenvalue weighted by Crippen LogP contribution is -2.24. The number of nitrogens with zero attached hydrogens (tertiary/aromatic N) is 1. The van der Waals surface area contributed by atoms with Gasteiger partial charge in [-0.1, -0.05) is 17.5 Å². The number of carbonyl (C=O) groups is 1. The third kappa shape index (κ3) is 3.08. The third-order valence-corrected chi connectivity index (χ3v) is 1.70. The first-order valence-electron chi connectivity index (χ1n) is 4.03.